The van der Waals surface area contributed by atoms with E-state index in [0.29, 0.717) is 0 Å². The second-order valence-electron chi connectivity index (χ2n) is 5.33. The average molecular weight is 233 g/mol. The Labute approximate surface area is 104 Å². The van der Waals surface area contributed by atoms with Crippen molar-refractivity contribution in [1.29, 1.82) is 0 Å². The Balaban J connectivity index is 2.02. The minimum atomic E-state index is -0.503. The van der Waals surface area contributed by atoms with E-state index in [9.17, 15) is 5.11 Å². The molecule has 2 heteroatoms. The third-order valence-corrected chi connectivity index (χ3v) is 3.84. The van der Waals surface area contributed by atoms with Gasteiger partial charge < -0.3 is 5.11 Å². The van der Waals surface area contributed by atoms with Crippen LogP contribution in [0, 0.1) is 0 Å². The van der Waals surface area contributed by atoms with Crippen molar-refractivity contribution in [3.8, 4) is 0 Å². The van der Waals surface area contributed by atoms with Gasteiger partial charge in [0.05, 0.1) is 5.60 Å². The molecular formula is C15H23NO. The number of rotatable bonds is 3. The molecule has 1 N–H and O–H groups in total. The second-order valence-corrected chi connectivity index (χ2v) is 5.33. The summed E-state index contributed by atoms with van der Waals surface area (Å²) in [5.41, 5.74) is 1.80. The van der Waals surface area contributed by atoms with Crippen molar-refractivity contribution in [1.82, 2.24) is 4.98 Å². The van der Waals surface area contributed by atoms with Crippen molar-refractivity contribution in [3.05, 3.63) is 29.6 Å². The van der Waals surface area contributed by atoms with E-state index in [-0.39, 0.29) is 0 Å². The van der Waals surface area contributed by atoms with E-state index >= 15 is 0 Å². The van der Waals surface area contributed by atoms with Gasteiger partial charge in [0.2, 0.25) is 0 Å². The van der Waals surface area contributed by atoms with Crippen molar-refractivity contribution in [2.45, 2.75) is 63.9 Å². The Morgan fingerprint density at radius 2 is 1.88 bits per heavy atom. The molecule has 1 heterocycles. The first-order valence-corrected chi connectivity index (χ1v) is 6.88. The van der Waals surface area contributed by atoms with E-state index in [1.165, 1.54) is 18.4 Å². The first-order valence-electron chi connectivity index (χ1n) is 6.88. The number of pyridine rings is 1. The van der Waals surface area contributed by atoms with Crippen molar-refractivity contribution >= 4 is 0 Å². The number of aromatic nitrogens is 1. The van der Waals surface area contributed by atoms with E-state index in [0.717, 1.165) is 44.2 Å². The Hall–Kier alpha value is -0.890. The maximum Gasteiger partial charge on any atom is 0.0703 e. The topological polar surface area (TPSA) is 33.1 Å². The molecule has 0 aliphatic heterocycles. The summed E-state index contributed by atoms with van der Waals surface area (Å²) in [7, 11) is 0. The monoisotopic (exact) mass is 233 g/mol. The fourth-order valence-electron chi connectivity index (χ4n) is 2.67. The smallest absolute Gasteiger partial charge is 0.0703 e. The maximum absolute atomic E-state index is 10.6. The van der Waals surface area contributed by atoms with E-state index in [2.05, 4.69) is 24.0 Å². The highest BCUT2D eigenvalue weighted by Gasteiger charge is 2.28. The molecule has 2 nitrogen and oxygen atoms in total. The molecule has 1 fully saturated rings. The van der Waals surface area contributed by atoms with Crippen molar-refractivity contribution in [3.63, 3.8) is 0 Å². The van der Waals surface area contributed by atoms with Crippen LogP contribution >= 0.6 is 0 Å². The fourth-order valence-corrected chi connectivity index (χ4v) is 2.67. The highest BCUT2D eigenvalue weighted by molar-refractivity contribution is 5.15. The van der Waals surface area contributed by atoms with E-state index < -0.39 is 5.60 Å². The number of aliphatic hydroxyl groups is 1. The normalized spacial score (nSPS) is 19.9. The van der Waals surface area contributed by atoms with Crippen LogP contribution in [-0.4, -0.2) is 15.7 Å². The van der Waals surface area contributed by atoms with Gasteiger partial charge >= 0.3 is 0 Å². The van der Waals surface area contributed by atoms with Crippen molar-refractivity contribution in [2.24, 2.45) is 0 Å². The number of hydrogen-bond acceptors (Lipinski definition) is 2. The molecule has 1 aromatic rings. The van der Waals surface area contributed by atoms with Gasteiger partial charge in [0.1, 0.15) is 0 Å². The first kappa shape index (κ1) is 12.6. The number of nitrogens with zero attached hydrogens (tertiary/aromatic N) is 1. The molecule has 0 saturated heterocycles. The van der Waals surface area contributed by atoms with Crippen LogP contribution in [0.3, 0.4) is 0 Å². The van der Waals surface area contributed by atoms with Crippen LogP contribution in [0.5, 0.6) is 0 Å². The third kappa shape index (κ3) is 3.53. The molecule has 0 unspecified atom stereocenters. The summed E-state index contributed by atoms with van der Waals surface area (Å²) in [5, 5.41) is 10.6. The molecule has 0 spiro atoms. The van der Waals surface area contributed by atoms with E-state index in [4.69, 9.17) is 0 Å². The van der Waals surface area contributed by atoms with E-state index in [1.54, 1.807) is 0 Å². The predicted molar refractivity (Wildman–Crippen MR) is 70.0 cm³/mol. The number of hydrogen-bond donors (Lipinski definition) is 1. The quantitative estimate of drug-likeness (QED) is 0.813. The number of aryl methyl sites for hydroxylation is 1. The summed E-state index contributed by atoms with van der Waals surface area (Å²) in [4.78, 5) is 4.46. The lowest BCUT2D eigenvalue weighted by Crippen LogP contribution is -2.30. The summed E-state index contributed by atoms with van der Waals surface area (Å²) >= 11 is 0. The van der Waals surface area contributed by atoms with Crippen LogP contribution < -0.4 is 0 Å². The highest BCUT2D eigenvalue weighted by atomic mass is 16.3. The maximum atomic E-state index is 10.6. The summed E-state index contributed by atoms with van der Waals surface area (Å²) in [6, 6.07) is 4.20. The molecule has 0 amide bonds. The molecule has 0 bridgehead atoms. The lowest BCUT2D eigenvalue weighted by atomic mass is 9.89. The molecule has 94 valence electrons. The van der Waals surface area contributed by atoms with Crippen LogP contribution in [0.1, 0.15) is 56.7 Å². The Kier molecular flexibility index (Phi) is 4.16. The molecule has 2 rings (SSSR count). The predicted octanol–water partition coefficient (Wildman–Crippen LogP) is 3.27. The first-order chi connectivity index (χ1) is 8.22. The highest BCUT2D eigenvalue weighted by Crippen LogP contribution is 2.29. The average Bonchev–Trinajstić information content (AvgIpc) is 2.55. The van der Waals surface area contributed by atoms with Gasteiger partial charge in [-0.2, -0.15) is 0 Å². The lowest BCUT2D eigenvalue weighted by Gasteiger charge is -2.26. The lowest BCUT2D eigenvalue weighted by molar-refractivity contribution is 0.0243. The summed E-state index contributed by atoms with van der Waals surface area (Å²) in [6.45, 7) is 2.13. The van der Waals surface area contributed by atoms with Crippen LogP contribution in [0.4, 0.5) is 0 Å². The zero-order valence-electron chi connectivity index (χ0n) is 10.8. The van der Waals surface area contributed by atoms with Gasteiger partial charge in [0.25, 0.3) is 0 Å². The van der Waals surface area contributed by atoms with Gasteiger partial charge in [-0.1, -0.05) is 38.7 Å². The van der Waals surface area contributed by atoms with Crippen LogP contribution in [0.2, 0.25) is 0 Å². The van der Waals surface area contributed by atoms with Crippen molar-refractivity contribution in [2.75, 3.05) is 0 Å². The molecule has 17 heavy (non-hydrogen) atoms. The van der Waals surface area contributed by atoms with Gasteiger partial charge in [-0.15, -0.1) is 0 Å². The molecule has 1 aliphatic carbocycles. The minimum absolute atomic E-state index is 0.503. The SMILES string of the molecule is CCc1ccc(CC2(O)CCCCCC2)nc1. The van der Waals surface area contributed by atoms with Gasteiger partial charge in [-0.25, -0.2) is 0 Å². The van der Waals surface area contributed by atoms with Gasteiger partial charge in [-0.05, 0) is 30.9 Å². The Morgan fingerprint density at radius 1 is 1.18 bits per heavy atom. The van der Waals surface area contributed by atoms with Crippen LogP contribution in [-0.2, 0) is 12.8 Å². The minimum Gasteiger partial charge on any atom is -0.389 e. The Bertz CT molecular complexity index is 336. The molecule has 0 aromatic carbocycles. The van der Waals surface area contributed by atoms with Crippen LogP contribution in [0.25, 0.3) is 0 Å². The molecule has 1 saturated carbocycles. The zero-order chi connectivity index (χ0) is 12.1. The standard InChI is InChI=1S/C15H23NO/c1-2-13-7-8-14(16-12-13)11-15(17)9-5-3-4-6-10-15/h7-8,12,17H,2-6,9-11H2,1H3. The van der Waals surface area contributed by atoms with E-state index in [1.807, 2.05) is 6.20 Å². The molecule has 1 aromatic heterocycles. The summed E-state index contributed by atoms with van der Waals surface area (Å²) < 4.78 is 0. The second kappa shape index (κ2) is 5.63. The van der Waals surface area contributed by atoms with Crippen molar-refractivity contribution < 1.29 is 5.11 Å². The largest absolute Gasteiger partial charge is 0.389 e. The molecule has 0 radical (unpaired) electrons. The molecule has 1 aliphatic rings. The summed E-state index contributed by atoms with van der Waals surface area (Å²) in [6.07, 6.45) is 10.4. The van der Waals surface area contributed by atoms with Gasteiger partial charge in [0, 0.05) is 18.3 Å². The molecule has 0 atom stereocenters. The van der Waals surface area contributed by atoms with Gasteiger partial charge in [0.15, 0.2) is 0 Å². The Morgan fingerprint density at radius 3 is 2.41 bits per heavy atom. The summed E-state index contributed by atoms with van der Waals surface area (Å²) in [5.74, 6) is 0. The van der Waals surface area contributed by atoms with Gasteiger partial charge in [-0.3, -0.25) is 4.98 Å². The zero-order valence-corrected chi connectivity index (χ0v) is 10.8. The fraction of sp³-hybridized carbons (Fsp3) is 0.667. The van der Waals surface area contributed by atoms with Crippen LogP contribution in [0.15, 0.2) is 18.3 Å². The third-order valence-electron chi connectivity index (χ3n) is 3.84. The molecular weight excluding hydrogens is 210 g/mol.